The quantitative estimate of drug-likeness (QED) is 0.568. The lowest BCUT2D eigenvalue weighted by Gasteiger charge is -2.13. The number of ether oxygens (including phenoxy) is 1. The molecule has 3 N–H and O–H groups in total. The van der Waals surface area contributed by atoms with E-state index in [0.29, 0.717) is 17.1 Å². The lowest BCUT2D eigenvalue weighted by Crippen LogP contribution is -2.46. The minimum Gasteiger partial charge on any atom is -0.454 e. The molecular formula is C16H20ClN3O5. The summed E-state index contributed by atoms with van der Waals surface area (Å²) in [6.45, 7) is 2.78. The lowest BCUT2D eigenvalue weighted by molar-refractivity contribution is -0.147. The summed E-state index contributed by atoms with van der Waals surface area (Å²) in [5.41, 5.74) is 0.339. The van der Waals surface area contributed by atoms with E-state index in [9.17, 15) is 19.2 Å². The van der Waals surface area contributed by atoms with Crippen molar-refractivity contribution < 1.29 is 23.9 Å². The zero-order valence-electron chi connectivity index (χ0n) is 13.9. The fourth-order valence-corrected chi connectivity index (χ4v) is 1.85. The third-order valence-corrected chi connectivity index (χ3v) is 3.24. The van der Waals surface area contributed by atoms with Crippen LogP contribution in [0.3, 0.4) is 0 Å². The molecule has 0 aliphatic carbocycles. The summed E-state index contributed by atoms with van der Waals surface area (Å²) in [7, 11) is 0. The molecule has 0 aliphatic heterocycles. The SMILES string of the molecule is CCNC(=O)[C@@H](C)NC(=O)COC(=O)CNC(=O)c1ccc(Cl)cc1. The number of carbonyl (C=O) groups excluding carboxylic acids is 4. The number of amides is 3. The Hall–Kier alpha value is -2.61. The van der Waals surface area contributed by atoms with Crippen LogP contribution in [0.5, 0.6) is 0 Å². The molecule has 0 aromatic heterocycles. The van der Waals surface area contributed by atoms with Gasteiger partial charge < -0.3 is 20.7 Å². The molecule has 0 aliphatic rings. The molecule has 9 heteroatoms. The number of nitrogens with one attached hydrogen (secondary N) is 3. The smallest absolute Gasteiger partial charge is 0.325 e. The van der Waals surface area contributed by atoms with Gasteiger partial charge in [0.25, 0.3) is 11.8 Å². The molecule has 1 atom stereocenters. The average Bonchev–Trinajstić information content (AvgIpc) is 2.58. The summed E-state index contributed by atoms with van der Waals surface area (Å²) < 4.78 is 4.73. The van der Waals surface area contributed by atoms with E-state index in [2.05, 4.69) is 16.0 Å². The molecule has 25 heavy (non-hydrogen) atoms. The Morgan fingerprint density at radius 3 is 2.36 bits per heavy atom. The van der Waals surface area contributed by atoms with Crippen LogP contribution in [0.1, 0.15) is 24.2 Å². The van der Waals surface area contributed by atoms with Crippen molar-refractivity contribution in [1.29, 1.82) is 0 Å². The second-order valence-corrected chi connectivity index (χ2v) is 5.47. The third kappa shape index (κ3) is 7.67. The molecule has 0 fully saturated rings. The van der Waals surface area contributed by atoms with Gasteiger partial charge in [-0.1, -0.05) is 11.6 Å². The number of benzene rings is 1. The van der Waals surface area contributed by atoms with Crippen molar-refractivity contribution in [2.45, 2.75) is 19.9 Å². The minimum atomic E-state index is -0.775. The van der Waals surface area contributed by atoms with Gasteiger partial charge in [-0.3, -0.25) is 19.2 Å². The van der Waals surface area contributed by atoms with E-state index in [1.54, 1.807) is 19.1 Å². The first-order valence-electron chi connectivity index (χ1n) is 7.60. The first-order valence-corrected chi connectivity index (χ1v) is 7.97. The topological polar surface area (TPSA) is 114 Å². The molecule has 8 nitrogen and oxygen atoms in total. The van der Waals surface area contributed by atoms with Crippen LogP contribution >= 0.6 is 11.6 Å². The molecule has 0 heterocycles. The van der Waals surface area contributed by atoms with E-state index in [0.717, 1.165) is 0 Å². The van der Waals surface area contributed by atoms with Gasteiger partial charge in [-0.15, -0.1) is 0 Å². The number of hydrogen-bond donors (Lipinski definition) is 3. The van der Waals surface area contributed by atoms with Gasteiger partial charge >= 0.3 is 5.97 Å². The minimum absolute atomic E-state index is 0.336. The summed E-state index contributed by atoms with van der Waals surface area (Å²) in [6, 6.07) is 5.39. The Morgan fingerprint density at radius 1 is 1.12 bits per heavy atom. The predicted molar refractivity (Wildman–Crippen MR) is 91.0 cm³/mol. The molecule has 0 saturated heterocycles. The fraction of sp³-hybridized carbons (Fsp3) is 0.375. The first-order chi connectivity index (χ1) is 11.8. The fourth-order valence-electron chi connectivity index (χ4n) is 1.73. The Morgan fingerprint density at radius 2 is 1.76 bits per heavy atom. The van der Waals surface area contributed by atoms with E-state index < -0.39 is 30.4 Å². The van der Waals surface area contributed by atoms with Gasteiger partial charge in [0.15, 0.2) is 6.61 Å². The van der Waals surface area contributed by atoms with E-state index in [4.69, 9.17) is 16.3 Å². The highest BCUT2D eigenvalue weighted by Crippen LogP contribution is 2.09. The Kier molecular flexibility index (Phi) is 8.42. The number of likely N-dealkylation sites (N-methyl/N-ethyl adjacent to an activating group) is 1. The van der Waals surface area contributed by atoms with Crippen molar-refractivity contribution in [3.63, 3.8) is 0 Å². The van der Waals surface area contributed by atoms with Gasteiger partial charge in [-0.05, 0) is 38.1 Å². The zero-order chi connectivity index (χ0) is 18.8. The van der Waals surface area contributed by atoms with Crippen molar-refractivity contribution in [1.82, 2.24) is 16.0 Å². The predicted octanol–water partition coefficient (Wildman–Crippen LogP) is 0.254. The van der Waals surface area contributed by atoms with Gasteiger partial charge in [0.2, 0.25) is 5.91 Å². The molecule has 3 amide bonds. The maximum absolute atomic E-state index is 11.8. The molecule has 0 bridgehead atoms. The summed E-state index contributed by atoms with van der Waals surface area (Å²) in [4.78, 5) is 46.4. The maximum Gasteiger partial charge on any atom is 0.325 e. The number of halogens is 1. The highest BCUT2D eigenvalue weighted by Gasteiger charge is 2.16. The highest BCUT2D eigenvalue weighted by molar-refractivity contribution is 6.30. The molecule has 136 valence electrons. The van der Waals surface area contributed by atoms with E-state index in [-0.39, 0.29) is 12.5 Å². The first kappa shape index (κ1) is 20.4. The van der Waals surface area contributed by atoms with Crippen molar-refractivity contribution in [2.24, 2.45) is 0 Å². The molecule has 0 spiro atoms. The molecule has 0 unspecified atom stereocenters. The maximum atomic E-state index is 11.8. The standard InChI is InChI=1S/C16H20ClN3O5/c1-3-18-15(23)10(2)20-13(21)9-25-14(22)8-19-16(24)11-4-6-12(17)7-5-11/h4-7,10H,3,8-9H2,1-2H3,(H,18,23)(H,19,24)(H,20,21)/t10-/m1/s1. The van der Waals surface area contributed by atoms with Crippen molar-refractivity contribution in [3.05, 3.63) is 34.9 Å². The molecular weight excluding hydrogens is 350 g/mol. The monoisotopic (exact) mass is 369 g/mol. The Labute approximate surface area is 150 Å². The van der Waals surface area contributed by atoms with Crippen LogP contribution in [-0.4, -0.2) is 49.4 Å². The molecule has 0 radical (unpaired) electrons. The number of carbonyl (C=O) groups is 4. The van der Waals surface area contributed by atoms with Crippen LogP contribution in [0.15, 0.2) is 24.3 Å². The molecule has 1 aromatic carbocycles. The zero-order valence-corrected chi connectivity index (χ0v) is 14.7. The Bertz CT molecular complexity index is 633. The van der Waals surface area contributed by atoms with Gasteiger partial charge in [0.05, 0.1) is 0 Å². The van der Waals surface area contributed by atoms with Gasteiger partial charge in [0, 0.05) is 17.1 Å². The second-order valence-electron chi connectivity index (χ2n) is 5.03. The normalized spacial score (nSPS) is 11.2. The van der Waals surface area contributed by atoms with E-state index in [1.165, 1.54) is 19.1 Å². The van der Waals surface area contributed by atoms with E-state index >= 15 is 0 Å². The molecule has 0 saturated carbocycles. The van der Waals surface area contributed by atoms with Crippen LogP contribution in [-0.2, 0) is 19.1 Å². The molecule has 1 rings (SSSR count). The number of hydrogen-bond acceptors (Lipinski definition) is 5. The summed E-state index contributed by atoms with van der Waals surface area (Å²) >= 11 is 5.72. The van der Waals surface area contributed by atoms with Gasteiger partial charge in [-0.2, -0.15) is 0 Å². The number of esters is 1. The average molecular weight is 370 g/mol. The van der Waals surface area contributed by atoms with Crippen molar-refractivity contribution in [2.75, 3.05) is 19.7 Å². The van der Waals surface area contributed by atoms with Gasteiger partial charge in [0.1, 0.15) is 12.6 Å². The van der Waals surface area contributed by atoms with Crippen LogP contribution in [0.4, 0.5) is 0 Å². The second kappa shape index (κ2) is 10.3. The highest BCUT2D eigenvalue weighted by atomic mass is 35.5. The van der Waals surface area contributed by atoms with Crippen LogP contribution in [0.25, 0.3) is 0 Å². The third-order valence-electron chi connectivity index (χ3n) is 2.99. The lowest BCUT2D eigenvalue weighted by atomic mass is 10.2. The summed E-state index contributed by atoms with van der Waals surface area (Å²) in [5.74, 6) is -2.19. The summed E-state index contributed by atoms with van der Waals surface area (Å²) in [5, 5.41) is 7.79. The molecule has 1 aromatic rings. The van der Waals surface area contributed by atoms with Crippen molar-refractivity contribution in [3.8, 4) is 0 Å². The van der Waals surface area contributed by atoms with Gasteiger partial charge in [-0.25, -0.2) is 0 Å². The van der Waals surface area contributed by atoms with Crippen LogP contribution in [0.2, 0.25) is 5.02 Å². The summed E-state index contributed by atoms with van der Waals surface area (Å²) in [6.07, 6.45) is 0. The number of rotatable bonds is 8. The van der Waals surface area contributed by atoms with E-state index in [1.807, 2.05) is 0 Å². The van der Waals surface area contributed by atoms with Crippen LogP contribution < -0.4 is 16.0 Å². The van der Waals surface area contributed by atoms with Crippen molar-refractivity contribution >= 4 is 35.3 Å². The van der Waals surface area contributed by atoms with Crippen LogP contribution in [0, 0.1) is 0 Å². The largest absolute Gasteiger partial charge is 0.454 e. The Balaban J connectivity index is 2.30.